The molecule has 2 amide bonds. The van der Waals surface area contributed by atoms with Crippen LogP contribution in [0.15, 0.2) is 30.5 Å². The average Bonchev–Trinajstić information content (AvgIpc) is 3.18. The van der Waals surface area contributed by atoms with Crippen molar-refractivity contribution in [3.63, 3.8) is 0 Å². The third-order valence-electron chi connectivity index (χ3n) is 4.39. The van der Waals surface area contributed by atoms with Gasteiger partial charge in [-0.25, -0.2) is 4.68 Å². The van der Waals surface area contributed by atoms with Gasteiger partial charge in [-0.05, 0) is 30.7 Å². The normalized spacial score (nSPS) is 14.1. The van der Waals surface area contributed by atoms with E-state index in [0.717, 1.165) is 11.3 Å². The van der Waals surface area contributed by atoms with E-state index in [1.165, 1.54) is 0 Å². The molecule has 1 aliphatic rings. The standard InChI is InChI=1S/C19H24N4O4/c1-14-3-4-17(26-2)16(13-14)23-8-6-15(21-23)19(25)20-7-5-18(24)22-9-11-27-12-10-22/h3-4,6,8,13H,5,7,9-12H2,1-2H3,(H,20,25). The zero-order valence-electron chi connectivity index (χ0n) is 15.6. The first-order chi connectivity index (χ1) is 13.1. The minimum atomic E-state index is -0.310. The number of hydrogen-bond donors (Lipinski definition) is 1. The first-order valence-electron chi connectivity index (χ1n) is 8.93. The summed E-state index contributed by atoms with van der Waals surface area (Å²) < 4.78 is 12.2. The molecule has 0 aliphatic carbocycles. The lowest BCUT2D eigenvalue weighted by atomic mass is 10.2. The molecule has 1 fully saturated rings. The number of morpholine rings is 1. The molecule has 1 saturated heterocycles. The van der Waals surface area contributed by atoms with Crippen LogP contribution in [0.1, 0.15) is 22.5 Å². The maximum Gasteiger partial charge on any atom is 0.271 e. The number of aromatic nitrogens is 2. The van der Waals surface area contributed by atoms with E-state index in [2.05, 4.69) is 10.4 Å². The first-order valence-corrected chi connectivity index (χ1v) is 8.93. The fourth-order valence-electron chi connectivity index (χ4n) is 2.90. The smallest absolute Gasteiger partial charge is 0.271 e. The summed E-state index contributed by atoms with van der Waals surface area (Å²) in [7, 11) is 1.59. The van der Waals surface area contributed by atoms with E-state index in [1.807, 2.05) is 25.1 Å². The lowest BCUT2D eigenvalue weighted by Crippen LogP contribution is -2.42. The first kappa shape index (κ1) is 18.9. The van der Waals surface area contributed by atoms with Crippen LogP contribution in [0.2, 0.25) is 0 Å². The average molecular weight is 372 g/mol. The lowest BCUT2D eigenvalue weighted by Gasteiger charge is -2.26. The zero-order chi connectivity index (χ0) is 19.2. The van der Waals surface area contributed by atoms with E-state index < -0.39 is 0 Å². The summed E-state index contributed by atoms with van der Waals surface area (Å²) in [5, 5.41) is 7.08. The second-order valence-corrected chi connectivity index (χ2v) is 6.32. The molecule has 27 heavy (non-hydrogen) atoms. The van der Waals surface area contributed by atoms with Gasteiger partial charge in [0.2, 0.25) is 5.91 Å². The van der Waals surface area contributed by atoms with Crippen molar-refractivity contribution in [1.82, 2.24) is 20.0 Å². The molecule has 0 spiro atoms. The van der Waals surface area contributed by atoms with Gasteiger partial charge >= 0.3 is 0 Å². The summed E-state index contributed by atoms with van der Waals surface area (Å²) in [6, 6.07) is 7.39. The van der Waals surface area contributed by atoms with Crippen LogP contribution in [0.5, 0.6) is 5.75 Å². The van der Waals surface area contributed by atoms with E-state index in [9.17, 15) is 9.59 Å². The number of carbonyl (C=O) groups is 2. The maximum atomic E-state index is 12.3. The van der Waals surface area contributed by atoms with Crippen LogP contribution in [0.4, 0.5) is 0 Å². The third kappa shape index (κ3) is 4.65. The van der Waals surface area contributed by atoms with Gasteiger partial charge in [-0.2, -0.15) is 5.10 Å². The highest BCUT2D eigenvalue weighted by Crippen LogP contribution is 2.23. The Balaban J connectivity index is 1.57. The minimum absolute atomic E-state index is 0.0219. The zero-order valence-corrected chi connectivity index (χ0v) is 15.6. The third-order valence-corrected chi connectivity index (χ3v) is 4.39. The Kier molecular flexibility index (Phi) is 6.08. The highest BCUT2D eigenvalue weighted by Gasteiger charge is 2.17. The highest BCUT2D eigenvalue weighted by molar-refractivity contribution is 5.92. The van der Waals surface area contributed by atoms with Crippen LogP contribution in [0.25, 0.3) is 5.69 Å². The number of methoxy groups -OCH3 is 1. The second-order valence-electron chi connectivity index (χ2n) is 6.32. The molecule has 0 radical (unpaired) electrons. The molecule has 3 rings (SSSR count). The summed E-state index contributed by atoms with van der Waals surface area (Å²) in [4.78, 5) is 26.2. The van der Waals surface area contributed by atoms with Gasteiger partial charge in [0, 0.05) is 32.3 Å². The number of benzene rings is 1. The van der Waals surface area contributed by atoms with Crippen molar-refractivity contribution in [2.24, 2.45) is 0 Å². The molecule has 0 atom stereocenters. The Labute approximate surface area is 158 Å². The molecular weight excluding hydrogens is 348 g/mol. The Morgan fingerprint density at radius 1 is 1.26 bits per heavy atom. The van der Waals surface area contributed by atoms with Crippen molar-refractivity contribution in [3.8, 4) is 11.4 Å². The molecule has 144 valence electrons. The second kappa shape index (κ2) is 8.68. The Morgan fingerprint density at radius 2 is 2.04 bits per heavy atom. The fraction of sp³-hybridized carbons (Fsp3) is 0.421. The van der Waals surface area contributed by atoms with Crippen LogP contribution in [0.3, 0.4) is 0 Å². The van der Waals surface area contributed by atoms with Crippen LogP contribution in [0, 0.1) is 6.92 Å². The summed E-state index contributed by atoms with van der Waals surface area (Å²) >= 11 is 0. The molecule has 8 nitrogen and oxygen atoms in total. The van der Waals surface area contributed by atoms with Crippen molar-refractivity contribution < 1.29 is 19.1 Å². The van der Waals surface area contributed by atoms with Crippen molar-refractivity contribution in [2.75, 3.05) is 40.0 Å². The van der Waals surface area contributed by atoms with Crippen LogP contribution in [-0.2, 0) is 9.53 Å². The van der Waals surface area contributed by atoms with Gasteiger partial charge in [-0.3, -0.25) is 9.59 Å². The Bertz CT molecular complexity index is 812. The molecule has 0 unspecified atom stereocenters. The summed E-state index contributed by atoms with van der Waals surface area (Å²) in [5.41, 5.74) is 2.12. The van der Waals surface area contributed by atoms with Gasteiger partial charge in [0.1, 0.15) is 11.4 Å². The van der Waals surface area contributed by atoms with E-state index in [-0.39, 0.29) is 30.5 Å². The molecule has 1 aromatic heterocycles. The number of carbonyl (C=O) groups excluding carboxylic acids is 2. The van der Waals surface area contributed by atoms with Crippen molar-refractivity contribution >= 4 is 11.8 Å². The molecule has 1 N–H and O–H groups in total. The van der Waals surface area contributed by atoms with Crippen molar-refractivity contribution in [1.29, 1.82) is 0 Å². The highest BCUT2D eigenvalue weighted by atomic mass is 16.5. The summed E-state index contributed by atoms with van der Waals surface area (Å²) in [6.45, 7) is 4.60. The Morgan fingerprint density at radius 3 is 2.78 bits per heavy atom. The molecule has 1 aliphatic heterocycles. The van der Waals surface area contributed by atoms with Crippen molar-refractivity contribution in [3.05, 3.63) is 41.7 Å². The number of aryl methyl sites for hydroxylation is 1. The van der Waals surface area contributed by atoms with Gasteiger partial charge < -0.3 is 19.7 Å². The van der Waals surface area contributed by atoms with E-state index >= 15 is 0 Å². The monoisotopic (exact) mass is 372 g/mol. The molecule has 2 aromatic rings. The number of amides is 2. The maximum absolute atomic E-state index is 12.3. The van der Waals surface area contributed by atoms with Crippen LogP contribution in [-0.4, -0.2) is 66.5 Å². The van der Waals surface area contributed by atoms with Gasteiger partial charge in [-0.15, -0.1) is 0 Å². The molecular formula is C19H24N4O4. The Hall–Kier alpha value is -2.87. The van der Waals surface area contributed by atoms with E-state index in [0.29, 0.717) is 32.1 Å². The molecule has 2 heterocycles. The van der Waals surface area contributed by atoms with Crippen LogP contribution < -0.4 is 10.1 Å². The summed E-state index contributed by atoms with van der Waals surface area (Å²) in [5.74, 6) is 0.385. The topological polar surface area (TPSA) is 85.7 Å². The molecule has 1 aromatic carbocycles. The molecule has 8 heteroatoms. The van der Waals surface area contributed by atoms with Crippen molar-refractivity contribution in [2.45, 2.75) is 13.3 Å². The SMILES string of the molecule is COc1ccc(C)cc1-n1ccc(C(=O)NCCC(=O)N2CCOCC2)n1. The fourth-order valence-corrected chi connectivity index (χ4v) is 2.90. The van der Waals surface area contributed by atoms with Crippen LogP contribution >= 0.6 is 0 Å². The number of nitrogens with zero attached hydrogens (tertiary/aromatic N) is 3. The van der Waals surface area contributed by atoms with Gasteiger partial charge in [-0.1, -0.05) is 6.07 Å². The quantitative estimate of drug-likeness (QED) is 0.823. The van der Waals surface area contributed by atoms with E-state index in [4.69, 9.17) is 9.47 Å². The number of nitrogens with one attached hydrogen (secondary N) is 1. The van der Waals surface area contributed by atoms with Gasteiger partial charge in [0.15, 0.2) is 5.69 Å². The van der Waals surface area contributed by atoms with Gasteiger partial charge in [0.05, 0.1) is 20.3 Å². The minimum Gasteiger partial charge on any atom is -0.494 e. The molecule has 0 bridgehead atoms. The van der Waals surface area contributed by atoms with E-state index in [1.54, 1.807) is 29.0 Å². The van der Waals surface area contributed by atoms with Gasteiger partial charge in [0.25, 0.3) is 5.91 Å². The lowest BCUT2D eigenvalue weighted by molar-refractivity contribution is -0.135. The number of rotatable bonds is 6. The number of ether oxygens (including phenoxy) is 2. The largest absolute Gasteiger partial charge is 0.494 e. The predicted octanol–water partition coefficient (Wildman–Crippen LogP) is 1.17. The number of hydrogen-bond acceptors (Lipinski definition) is 5. The molecule has 0 saturated carbocycles. The predicted molar refractivity (Wildman–Crippen MR) is 99.2 cm³/mol. The summed E-state index contributed by atoms with van der Waals surface area (Å²) in [6.07, 6.45) is 1.98.